The number of nitrogens with one attached hydrogen (secondary N) is 1. The molecule has 0 atom stereocenters. The van der Waals surface area contributed by atoms with E-state index in [1.807, 2.05) is 11.6 Å². The molecule has 0 aliphatic heterocycles. The first-order chi connectivity index (χ1) is 11.0. The van der Waals surface area contributed by atoms with Crippen LogP contribution in [-0.4, -0.2) is 21.1 Å². The second kappa shape index (κ2) is 8.34. The van der Waals surface area contributed by atoms with Gasteiger partial charge in [0.25, 0.3) is 10.0 Å². The lowest BCUT2D eigenvalue weighted by Crippen LogP contribution is -2.31. The Morgan fingerprint density at radius 3 is 2.48 bits per heavy atom. The summed E-state index contributed by atoms with van der Waals surface area (Å²) in [6, 6.07) is 6.30. The Hall–Kier alpha value is -1.56. The summed E-state index contributed by atoms with van der Waals surface area (Å²) < 4.78 is 31.0. The van der Waals surface area contributed by atoms with Crippen molar-refractivity contribution >= 4 is 16.1 Å². The molecule has 1 aliphatic carbocycles. The molecular formula is C17H25NO4S. The van der Waals surface area contributed by atoms with Crippen LogP contribution in [0.3, 0.4) is 0 Å². The maximum Gasteiger partial charge on any atom is 0.421 e. The van der Waals surface area contributed by atoms with Gasteiger partial charge in [-0.1, -0.05) is 49.8 Å². The van der Waals surface area contributed by atoms with E-state index < -0.39 is 16.1 Å². The van der Waals surface area contributed by atoms with Crippen LogP contribution in [0.25, 0.3) is 0 Å². The average Bonchev–Trinajstić information content (AvgIpc) is 2.52. The minimum atomic E-state index is -3.86. The van der Waals surface area contributed by atoms with Crippen molar-refractivity contribution in [2.75, 3.05) is 6.61 Å². The monoisotopic (exact) mass is 339 g/mol. The molecule has 1 aliphatic rings. The molecule has 0 spiro atoms. The van der Waals surface area contributed by atoms with Crippen LogP contribution in [-0.2, 0) is 14.8 Å². The molecule has 1 aromatic rings. The van der Waals surface area contributed by atoms with E-state index >= 15 is 0 Å². The van der Waals surface area contributed by atoms with Crippen molar-refractivity contribution in [3.63, 3.8) is 0 Å². The lowest BCUT2D eigenvalue weighted by atomic mass is 9.86. The van der Waals surface area contributed by atoms with E-state index in [1.165, 1.54) is 44.2 Å². The van der Waals surface area contributed by atoms with Gasteiger partial charge < -0.3 is 4.74 Å². The number of aryl methyl sites for hydroxylation is 1. The van der Waals surface area contributed by atoms with Gasteiger partial charge in [-0.2, -0.15) is 0 Å². The van der Waals surface area contributed by atoms with Crippen LogP contribution in [0.5, 0.6) is 0 Å². The van der Waals surface area contributed by atoms with E-state index in [0.29, 0.717) is 0 Å². The first kappa shape index (κ1) is 17.8. The van der Waals surface area contributed by atoms with Crippen molar-refractivity contribution in [2.24, 2.45) is 5.92 Å². The molecule has 1 amide bonds. The summed E-state index contributed by atoms with van der Waals surface area (Å²) in [4.78, 5) is 11.7. The zero-order valence-electron chi connectivity index (χ0n) is 13.6. The Morgan fingerprint density at radius 1 is 1.17 bits per heavy atom. The molecule has 0 aromatic heterocycles. The van der Waals surface area contributed by atoms with Crippen molar-refractivity contribution in [2.45, 2.75) is 56.8 Å². The lowest BCUT2D eigenvalue weighted by Gasteiger charge is -2.21. The van der Waals surface area contributed by atoms with Gasteiger partial charge in [0.2, 0.25) is 0 Å². The summed E-state index contributed by atoms with van der Waals surface area (Å²) in [6.45, 7) is 2.12. The Labute approximate surface area is 138 Å². The van der Waals surface area contributed by atoms with E-state index in [0.717, 1.165) is 24.3 Å². The number of amides is 1. The van der Waals surface area contributed by atoms with Crippen LogP contribution in [0.1, 0.15) is 50.5 Å². The van der Waals surface area contributed by atoms with Crippen LogP contribution < -0.4 is 4.72 Å². The van der Waals surface area contributed by atoms with Crippen LogP contribution in [0.4, 0.5) is 4.79 Å². The maximum atomic E-state index is 12.0. The molecule has 0 bridgehead atoms. The number of hydrogen-bond donors (Lipinski definition) is 1. The molecular weight excluding hydrogens is 314 g/mol. The zero-order chi connectivity index (χ0) is 16.7. The van der Waals surface area contributed by atoms with Gasteiger partial charge in [0, 0.05) is 0 Å². The van der Waals surface area contributed by atoms with Gasteiger partial charge in [-0.3, -0.25) is 0 Å². The Kier molecular flexibility index (Phi) is 6.45. The highest BCUT2D eigenvalue weighted by molar-refractivity contribution is 7.90. The minimum absolute atomic E-state index is 0.0576. The molecule has 2 rings (SSSR count). The van der Waals surface area contributed by atoms with E-state index in [2.05, 4.69) is 0 Å². The number of ether oxygens (including phenoxy) is 1. The first-order valence-electron chi connectivity index (χ1n) is 8.23. The highest BCUT2D eigenvalue weighted by Crippen LogP contribution is 2.27. The Balaban J connectivity index is 1.72. The summed E-state index contributed by atoms with van der Waals surface area (Å²) >= 11 is 0. The molecule has 1 saturated carbocycles. The number of carbonyl (C=O) groups excluding carboxylic acids is 1. The second-order valence-electron chi connectivity index (χ2n) is 6.20. The fourth-order valence-electron chi connectivity index (χ4n) is 2.93. The summed E-state index contributed by atoms with van der Waals surface area (Å²) in [5.41, 5.74) is 0.953. The average molecular weight is 339 g/mol. The normalized spacial score (nSPS) is 16.0. The highest BCUT2D eigenvalue weighted by atomic mass is 32.2. The van der Waals surface area contributed by atoms with Gasteiger partial charge in [0.1, 0.15) is 0 Å². The Bertz CT molecular complexity index is 604. The predicted molar refractivity (Wildman–Crippen MR) is 88.7 cm³/mol. The quantitative estimate of drug-likeness (QED) is 0.801. The van der Waals surface area contributed by atoms with Crippen molar-refractivity contribution in [3.8, 4) is 0 Å². The molecule has 0 radical (unpaired) electrons. The molecule has 0 unspecified atom stereocenters. The molecule has 23 heavy (non-hydrogen) atoms. The fourth-order valence-corrected chi connectivity index (χ4v) is 3.82. The number of benzene rings is 1. The zero-order valence-corrected chi connectivity index (χ0v) is 14.4. The van der Waals surface area contributed by atoms with Crippen LogP contribution in [0.15, 0.2) is 29.2 Å². The van der Waals surface area contributed by atoms with Crippen molar-refractivity contribution in [1.29, 1.82) is 0 Å². The molecule has 1 fully saturated rings. The van der Waals surface area contributed by atoms with Gasteiger partial charge in [0.05, 0.1) is 11.5 Å². The maximum absolute atomic E-state index is 12.0. The smallest absolute Gasteiger partial charge is 0.421 e. The third kappa shape index (κ3) is 5.86. The fraction of sp³-hybridized carbons (Fsp3) is 0.588. The molecule has 0 heterocycles. The molecule has 5 nitrogen and oxygen atoms in total. The van der Waals surface area contributed by atoms with Gasteiger partial charge in [-0.05, 0) is 37.8 Å². The lowest BCUT2D eigenvalue weighted by molar-refractivity contribution is 0.147. The molecule has 128 valence electrons. The molecule has 6 heteroatoms. The predicted octanol–water partition coefficient (Wildman–Crippen LogP) is 3.77. The van der Waals surface area contributed by atoms with Crippen LogP contribution in [0, 0.1) is 12.8 Å². The summed E-state index contributed by atoms with van der Waals surface area (Å²) in [5.74, 6) is 0.728. The third-order valence-corrected chi connectivity index (χ3v) is 5.59. The largest absolute Gasteiger partial charge is 0.449 e. The van der Waals surface area contributed by atoms with Crippen molar-refractivity contribution in [1.82, 2.24) is 4.72 Å². The summed E-state index contributed by atoms with van der Waals surface area (Å²) in [5, 5.41) is 0. The summed E-state index contributed by atoms with van der Waals surface area (Å²) in [7, 11) is -3.86. The number of rotatable bonds is 6. The van der Waals surface area contributed by atoms with E-state index in [4.69, 9.17) is 4.74 Å². The molecule has 0 saturated heterocycles. The van der Waals surface area contributed by atoms with E-state index in [-0.39, 0.29) is 11.5 Å². The number of sulfonamides is 1. The van der Waals surface area contributed by atoms with E-state index in [1.54, 1.807) is 12.1 Å². The number of carbonyl (C=O) groups is 1. The van der Waals surface area contributed by atoms with E-state index in [9.17, 15) is 13.2 Å². The highest BCUT2D eigenvalue weighted by Gasteiger charge is 2.18. The van der Waals surface area contributed by atoms with Gasteiger partial charge in [-0.25, -0.2) is 17.9 Å². The second-order valence-corrected chi connectivity index (χ2v) is 7.88. The molecule has 1 aromatic carbocycles. The van der Waals surface area contributed by atoms with Crippen molar-refractivity contribution in [3.05, 3.63) is 29.8 Å². The standard InChI is InChI=1S/C17H25NO4S/c1-14-9-11-16(12-10-14)23(20,21)18-17(19)22-13-5-8-15-6-3-2-4-7-15/h9-12,15H,2-8,13H2,1H3,(H,18,19). The molecule has 1 N–H and O–H groups in total. The number of hydrogen-bond acceptors (Lipinski definition) is 4. The SMILES string of the molecule is Cc1ccc(S(=O)(=O)NC(=O)OCCCC2CCCCC2)cc1. The topological polar surface area (TPSA) is 72.5 Å². The van der Waals surface area contributed by atoms with Gasteiger partial charge >= 0.3 is 6.09 Å². The van der Waals surface area contributed by atoms with Gasteiger partial charge in [-0.15, -0.1) is 0 Å². The first-order valence-corrected chi connectivity index (χ1v) is 9.72. The van der Waals surface area contributed by atoms with Gasteiger partial charge in [0.15, 0.2) is 0 Å². The minimum Gasteiger partial charge on any atom is -0.449 e. The summed E-state index contributed by atoms with van der Waals surface area (Å²) in [6.07, 6.45) is 7.34. The van der Waals surface area contributed by atoms with Crippen molar-refractivity contribution < 1.29 is 17.9 Å². The van der Waals surface area contributed by atoms with Crippen LogP contribution >= 0.6 is 0 Å². The van der Waals surface area contributed by atoms with Crippen LogP contribution in [0.2, 0.25) is 0 Å². The third-order valence-electron chi connectivity index (χ3n) is 4.26. The Morgan fingerprint density at radius 2 is 1.83 bits per heavy atom.